The van der Waals surface area contributed by atoms with Crippen LogP contribution in [0.15, 0.2) is 24.3 Å². The van der Waals surface area contributed by atoms with Crippen LogP contribution in [0.1, 0.15) is 450 Å². The molecule has 6 heteroatoms. The van der Waals surface area contributed by atoms with Gasteiger partial charge in [0, 0.05) is 12.8 Å². The molecule has 6 nitrogen and oxygen atoms in total. The fourth-order valence-corrected chi connectivity index (χ4v) is 12.7. The molecule has 0 saturated heterocycles. The van der Waals surface area contributed by atoms with Crippen LogP contribution in [-0.2, 0) is 14.3 Å². The van der Waals surface area contributed by atoms with Gasteiger partial charge in [-0.3, -0.25) is 9.59 Å². The van der Waals surface area contributed by atoms with Crippen LogP contribution in [0.4, 0.5) is 0 Å². The van der Waals surface area contributed by atoms with Crippen LogP contribution in [0.5, 0.6) is 0 Å². The van der Waals surface area contributed by atoms with Gasteiger partial charge in [0.05, 0.1) is 25.4 Å². The molecule has 0 aromatic heterocycles. The molecule has 0 aliphatic carbocycles. The Bertz CT molecular complexity index is 1350. The minimum Gasteiger partial charge on any atom is -0.466 e. The molecule has 0 saturated carbocycles. The lowest BCUT2D eigenvalue weighted by atomic mass is 10.0. The molecular formula is C80H155NO5. The van der Waals surface area contributed by atoms with E-state index in [0.29, 0.717) is 19.4 Å². The van der Waals surface area contributed by atoms with Gasteiger partial charge in [0.15, 0.2) is 0 Å². The molecule has 510 valence electrons. The van der Waals surface area contributed by atoms with Gasteiger partial charge in [-0.1, -0.05) is 404 Å². The number of carbonyl (C=O) groups is 2. The van der Waals surface area contributed by atoms with E-state index >= 15 is 0 Å². The summed E-state index contributed by atoms with van der Waals surface area (Å²) in [4.78, 5) is 24.6. The van der Waals surface area contributed by atoms with Crippen molar-refractivity contribution in [2.24, 2.45) is 0 Å². The summed E-state index contributed by atoms with van der Waals surface area (Å²) in [6.45, 7) is 4.94. The molecule has 0 heterocycles. The van der Waals surface area contributed by atoms with E-state index in [1.165, 1.54) is 379 Å². The Morgan fingerprint density at radius 2 is 0.547 bits per heavy atom. The first-order valence-corrected chi connectivity index (χ1v) is 39.6. The largest absolute Gasteiger partial charge is 0.466 e. The lowest BCUT2D eigenvalue weighted by molar-refractivity contribution is -0.143. The van der Waals surface area contributed by atoms with Crippen molar-refractivity contribution < 1.29 is 24.5 Å². The number of carbonyl (C=O) groups excluding carboxylic acids is 2. The molecule has 0 spiro atoms. The van der Waals surface area contributed by atoms with Crippen molar-refractivity contribution in [3.8, 4) is 0 Å². The molecular weight excluding hydrogens is 1050 g/mol. The number of hydrogen-bond donors (Lipinski definition) is 3. The predicted octanol–water partition coefficient (Wildman–Crippen LogP) is 26.0. The predicted molar refractivity (Wildman–Crippen MR) is 380 cm³/mol. The van der Waals surface area contributed by atoms with Crippen molar-refractivity contribution >= 4 is 11.9 Å². The molecule has 0 aliphatic rings. The third kappa shape index (κ3) is 71.4. The standard InChI is InChI=1S/C80H155NO5/c1-3-5-7-9-11-13-15-17-19-20-21-22-23-30-33-36-39-42-45-48-52-56-60-64-68-72-78(83)77(76-82)81-79(84)73-69-65-61-57-53-49-46-43-40-37-34-31-28-26-24-25-27-29-32-35-38-41-44-47-51-55-59-63-67-71-75-86-80(85)74-70-66-62-58-54-50-18-16-14-12-10-8-6-4-2/h16,18,68,72,77-78,82-83H,3-15,17,19-67,69-71,73-76H2,1-2H3,(H,81,84)/b18-16-,72-68+. The van der Waals surface area contributed by atoms with Gasteiger partial charge in [0.1, 0.15) is 0 Å². The Hall–Kier alpha value is -1.66. The number of aliphatic hydroxyl groups is 2. The first kappa shape index (κ1) is 84.3. The highest BCUT2D eigenvalue weighted by atomic mass is 16.5. The van der Waals surface area contributed by atoms with Crippen LogP contribution in [0.2, 0.25) is 0 Å². The van der Waals surface area contributed by atoms with Crippen LogP contribution >= 0.6 is 0 Å². The highest BCUT2D eigenvalue weighted by Crippen LogP contribution is 2.20. The molecule has 0 aromatic carbocycles. The molecule has 0 radical (unpaired) electrons. The van der Waals surface area contributed by atoms with Crippen LogP contribution in [0.25, 0.3) is 0 Å². The smallest absolute Gasteiger partial charge is 0.305 e. The minimum absolute atomic E-state index is 0.0122. The summed E-state index contributed by atoms with van der Waals surface area (Å²) in [6, 6.07) is -0.626. The number of esters is 1. The van der Waals surface area contributed by atoms with Gasteiger partial charge in [-0.15, -0.1) is 0 Å². The molecule has 0 fully saturated rings. The third-order valence-electron chi connectivity index (χ3n) is 18.7. The van der Waals surface area contributed by atoms with Gasteiger partial charge < -0.3 is 20.3 Å². The van der Waals surface area contributed by atoms with Crippen molar-refractivity contribution in [3.05, 3.63) is 24.3 Å². The Morgan fingerprint density at radius 1 is 0.314 bits per heavy atom. The summed E-state index contributed by atoms with van der Waals surface area (Å²) >= 11 is 0. The summed E-state index contributed by atoms with van der Waals surface area (Å²) < 4.78 is 5.49. The topological polar surface area (TPSA) is 95.9 Å². The second kappa shape index (κ2) is 75.8. The van der Waals surface area contributed by atoms with Gasteiger partial charge in [-0.05, 0) is 57.8 Å². The van der Waals surface area contributed by atoms with Crippen LogP contribution < -0.4 is 5.32 Å². The van der Waals surface area contributed by atoms with Crippen molar-refractivity contribution in [3.63, 3.8) is 0 Å². The van der Waals surface area contributed by atoms with Gasteiger partial charge in [0.2, 0.25) is 5.91 Å². The maximum absolute atomic E-state index is 12.6. The normalized spacial score (nSPS) is 12.6. The van der Waals surface area contributed by atoms with Crippen LogP contribution in [0.3, 0.4) is 0 Å². The quantitative estimate of drug-likeness (QED) is 0.0320. The van der Waals surface area contributed by atoms with Crippen LogP contribution in [-0.4, -0.2) is 47.4 Å². The maximum Gasteiger partial charge on any atom is 0.305 e. The first-order chi connectivity index (χ1) is 42.5. The molecule has 0 aliphatic heterocycles. The van der Waals surface area contributed by atoms with Crippen molar-refractivity contribution in [1.82, 2.24) is 5.32 Å². The molecule has 2 unspecified atom stereocenters. The average molecular weight is 1210 g/mol. The monoisotopic (exact) mass is 1210 g/mol. The van der Waals surface area contributed by atoms with Gasteiger partial charge in [-0.25, -0.2) is 0 Å². The molecule has 1 amide bonds. The van der Waals surface area contributed by atoms with E-state index in [0.717, 1.165) is 44.9 Å². The Labute approximate surface area is 539 Å². The van der Waals surface area contributed by atoms with Crippen molar-refractivity contribution in [2.45, 2.75) is 463 Å². The minimum atomic E-state index is -0.843. The molecule has 0 rings (SSSR count). The highest BCUT2D eigenvalue weighted by Gasteiger charge is 2.18. The number of unbranched alkanes of at least 4 members (excludes halogenated alkanes) is 62. The average Bonchev–Trinajstić information content (AvgIpc) is 3.54. The lowest BCUT2D eigenvalue weighted by Gasteiger charge is -2.20. The summed E-state index contributed by atoms with van der Waals surface area (Å²) in [5.74, 6) is -0.0464. The Kier molecular flexibility index (Phi) is 74.3. The third-order valence-corrected chi connectivity index (χ3v) is 18.7. The van der Waals surface area contributed by atoms with Crippen LogP contribution in [0, 0.1) is 0 Å². The number of rotatable bonds is 75. The fourth-order valence-electron chi connectivity index (χ4n) is 12.7. The molecule has 2 atom stereocenters. The molecule has 86 heavy (non-hydrogen) atoms. The number of ether oxygens (including phenoxy) is 1. The molecule has 3 N–H and O–H groups in total. The van der Waals surface area contributed by atoms with E-state index in [9.17, 15) is 19.8 Å². The zero-order chi connectivity index (χ0) is 62.0. The number of hydrogen-bond acceptors (Lipinski definition) is 5. The highest BCUT2D eigenvalue weighted by molar-refractivity contribution is 5.76. The second-order valence-corrected chi connectivity index (χ2v) is 27.4. The molecule has 0 bridgehead atoms. The maximum atomic E-state index is 12.6. The van der Waals surface area contributed by atoms with Crippen molar-refractivity contribution in [1.29, 1.82) is 0 Å². The number of allylic oxidation sites excluding steroid dienone is 3. The SMILES string of the molecule is CCCCCCC/C=C\CCCCCCCC(=O)OCCCCCCCCCCCCCCCCCCCCCCCCCCCCCCCCC(=O)NC(CO)C(O)/C=C/CCCCCCCCCCCCCCCCCCCCCCCCC. The summed E-state index contributed by atoms with van der Waals surface area (Å²) in [5.41, 5.74) is 0. The van der Waals surface area contributed by atoms with E-state index in [1.54, 1.807) is 6.08 Å². The van der Waals surface area contributed by atoms with E-state index in [1.807, 2.05) is 6.08 Å². The summed E-state index contributed by atoms with van der Waals surface area (Å²) in [5, 5.41) is 23.3. The second-order valence-electron chi connectivity index (χ2n) is 27.4. The van der Waals surface area contributed by atoms with Crippen molar-refractivity contribution in [2.75, 3.05) is 13.2 Å². The van der Waals surface area contributed by atoms with Gasteiger partial charge in [0.25, 0.3) is 0 Å². The first-order valence-electron chi connectivity index (χ1n) is 39.6. The fraction of sp³-hybridized carbons (Fsp3) is 0.925. The number of aliphatic hydroxyl groups excluding tert-OH is 2. The zero-order valence-electron chi connectivity index (χ0n) is 58.6. The van der Waals surface area contributed by atoms with Gasteiger partial charge >= 0.3 is 5.97 Å². The zero-order valence-corrected chi connectivity index (χ0v) is 58.6. The van der Waals surface area contributed by atoms with E-state index < -0.39 is 12.1 Å². The Morgan fingerprint density at radius 3 is 0.826 bits per heavy atom. The summed E-state index contributed by atoms with van der Waals surface area (Å²) in [6.07, 6.45) is 97.3. The lowest BCUT2D eigenvalue weighted by Crippen LogP contribution is -2.45. The Balaban J connectivity index is 3.36. The summed E-state index contributed by atoms with van der Waals surface area (Å²) in [7, 11) is 0. The van der Waals surface area contributed by atoms with Gasteiger partial charge in [-0.2, -0.15) is 0 Å². The van der Waals surface area contributed by atoms with E-state index in [-0.39, 0.29) is 18.5 Å². The molecule has 0 aromatic rings. The van der Waals surface area contributed by atoms with E-state index in [2.05, 4.69) is 31.3 Å². The van der Waals surface area contributed by atoms with E-state index in [4.69, 9.17) is 4.74 Å². The number of nitrogens with one attached hydrogen (secondary N) is 1. The number of amides is 1.